The number of ether oxygens (including phenoxy) is 4. The molecule has 4 N–H and O–H groups in total. The monoisotopic (exact) mass is 1620 g/mol. The Morgan fingerprint density at radius 1 is 0.302 bits per heavy atom. The molecule has 116 heavy (non-hydrogen) atoms. The van der Waals surface area contributed by atoms with E-state index in [0.717, 1.165) is 76.0 Å². The van der Waals surface area contributed by atoms with Crippen molar-refractivity contribution in [2.45, 2.75) is 466 Å². The molecule has 666 valence electrons. The van der Waals surface area contributed by atoms with E-state index in [1.54, 1.807) is 48.5 Å². The molecular formula is C100H176N6O10. The summed E-state index contributed by atoms with van der Waals surface area (Å²) in [5.74, 6) is -1.02. The summed E-state index contributed by atoms with van der Waals surface area (Å²) in [5.41, 5.74) is 0.666. The number of esters is 2. The van der Waals surface area contributed by atoms with Crippen LogP contribution in [0.5, 0.6) is 0 Å². The number of nitrogens with zero attached hydrogens (tertiary/aromatic N) is 4. The van der Waals surface area contributed by atoms with Crippen molar-refractivity contribution >= 4 is 35.1 Å². The zero-order valence-electron chi connectivity index (χ0n) is 76.0. The van der Waals surface area contributed by atoms with Gasteiger partial charge in [-0.3, -0.25) is 9.59 Å². The third-order valence-corrected chi connectivity index (χ3v) is 23.2. The first-order valence-electron chi connectivity index (χ1n) is 48.8. The third kappa shape index (κ3) is 58.4. The topological polar surface area (TPSA) is 219 Å². The summed E-state index contributed by atoms with van der Waals surface area (Å²) in [7, 11) is 0. The van der Waals surface area contributed by atoms with Crippen LogP contribution in [0.1, 0.15) is 474 Å². The summed E-state index contributed by atoms with van der Waals surface area (Å²) < 4.78 is 24.4. The van der Waals surface area contributed by atoms with Gasteiger partial charge < -0.3 is 39.8 Å². The molecule has 0 heterocycles. The van der Waals surface area contributed by atoms with Gasteiger partial charge in [0.2, 0.25) is 0 Å². The van der Waals surface area contributed by atoms with Crippen molar-refractivity contribution in [1.29, 1.82) is 0 Å². The molecule has 0 aromatic heterocycles. The smallest absolute Gasteiger partial charge is 0.340 e. The van der Waals surface area contributed by atoms with Crippen LogP contribution in [0.4, 0.5) is 11.4 Å². The lowest BCUT2D eigenvalue weighted by molar-refractivity contribution is -0.118. The normalized spacial score (nSPS) is 13.3. The minimum atomic E-state index is -0.530. The number of benzene rings is 2. The number of amides is 2. The van der Waals surface area contributed by atoms with E-state index in [2.05, 4.69) is 72.6 Å². The van der Waals surface area contributed by atoms with Crippen LogP contribution in [0, 0.1) is 11.8 Å². The number of aliphatic hydroxyl groups excluding tert-OH is 2. The lowest BCUT2D eigenvalue weighted by Crippen LogP contribution is -2.27. The number of hydrogen-bond acceptors (Lipinski definition) is 14. The molecule has 4 atom stereocenters. The molecule has 0 spiro atoms. The SMILES string of the molecule is CCCCCCCCCC(CCCCCCCC)OCCCNC(=O)C(N=Nc1ccccc1C(=O)OCCCCCCCCC(CCCCCCCCC)C(CCCCCCCCC)CCCCCCCCOC(=O)c1ccccc1N=NC(C(=O)NCCCOC(CCCCCCCC)CCCCCCCCC)=C(C)O)=C(C)O. The van der Waals surface area contributed by atoms with Crippen LogP contribution in [-0.2, 0) is 28.5 Å². The van der Waals surface area contributed by atoms with E-state index in [1.807, 2.05) is 0 Å². The van der Waals surface area contributed by atoms with Crippen LogP contribution < -0.4 is 10.6 Å². The molecule has 2 aromatic carbocycles. The van der Waals surface area contributed by atoms with Crippen LogP contribution in [-0.4, -0.2) is 85.7 Å². The van der Waals surface area contributed by atoms with Crippen molar-refractivity contribution in [3.05, 3.63) is 82.6 Å². The first-order chi connectivity index (χ1) is 56.8. The third-order valence-electron chi connectivity index (χ3n) is 23.2. The molecule has 0 aliphatic carbocycles. The molecule has 2 aromatic rings. The Morgan fingerprint density at radius 3 is 0.793 bits per heavy atom. The highest BCUT2D eigenvalue weighted by atomic mass is 16.5. The maximum absolute atomic E-state index is 13.5. The molecule has 0 radical (unpaired) electrons. The lowest BCUT2D eigenvalue weighted by Gasteiger charge is -2.28. The Bertz CT molecular complexity index is 2610. The zero-order chi connectivity index (χ0) is 84.0. The van der Waals surface area contributed by atoms with Gasteiger partial charge in [-0.05, 0) is 101 Å². The number of nitrogens with one attached hydrogen (secondary N) is 2. The lowest BCUT2D eigenvalue weighted by atomic mass is 9.78. The van der Waals surface area contributed by atoms with Crippen LogP contribution in [0.3, 0.4) is 0 Å². The Hall–Kier alpha value is -5.48. The first kappa shape index (κ1) is 107. The average Bonchev–Trinajstić information content (AvgIpc) is 0.860. The summed E-state index contributed by atoms with van der Waals surface area (Å²) >= 11 is 0. The molecule has 0 aliphatic rings. The second-order valence-corrected chi connectivity index (χ2v) is 33.9. The Balaban J connectivity index is 1.92. The number of carbonyl (C=O) groups is 4. The fourth-order valence-electron chi connectivity index (χ4n) is 15.9. The molecule has 0 bridgehead atoms. The van der Waals surface area contributed by atoms with Gasteiger partial charge in [0, 0.05) is 26.3 Å². The van der Waals surface area contributed by atoms with Gasteiger partial charge in [0.1, 0.15) is 22.9 Å². The molecule has 2 amide bonds. The predicted octanol–water partition coefficient (Wildman–Crippen LogP) is 31.0. The number of rotatable bonds is 83. The van der Waals surface area contributed by atoms with Gasteiger partial charge in [0.15, 0.2) is 11.4 Å². The van der Waals surface area contributed by atoms with Gasteiger partial charge in [-0.2, -0.15) is 0 Å². The first-order valence-corrected chi connectivity index (χ1v) is 48.8. The Morgan fingerprint density at radius 2 is 0.534 bits per heavy atom. The number of allylic oxidation sites excluding steroid dienone is 2. The van der Waals surface area contributed by atoms with E-state index >= 15 is 0 Å². The molecule has 4 unspecified atom stereocenters. The van der Waals surface area contributed by atoms with E-state index in [-0.39, 0.29) is 57.6 Å². The standard InChI is InChI=1S/C100H176N6O10/c1-9-15-21-27-33-41-51-67-87(69-53-43-37-39-49-63-81-115-99(111)91-75-59-61-77-93(91)103-105-95(85(7)107)97(109)101-79-65-83-113-89(71-55-45-31-25-19-13-5)73-57-47-35-29-23-17-11-3)88(68-52-42-34-28-22-16-10-2)70-54-44-38-40-50-64-82-116-100(112)92-76-60-62-78-94(92)104-106-96(86(8)108)98(110)102-80-66-84-114-90(72-56-46-32-26-20-14-6)74-58-48-36-30-24-18-12-4/h59-62,75-78,87-90,107-108H,9-58,63-74,79-84H2,1-8H3,(H,101,109)(H,102,110). The number of azo groups is 2. The van der Waals surface area contributed by atoms with Crippen LogP contribution in [0.2, 0.25) is 0 Å². The van der Waals surface area contributed by atoms with E-state index in [0.29, 0.717) is 52.4 Å². The molecular weight excluding hydrogens is 1450 g/mol. The molecule has 0 saturated carbocycles. The zero-order valence-corrected chi connectivity index (χ0v) is 76.0. The van der Waals surface area contributed by atoms with E-state index in [1.165, 1.54) is 335 Å². The van der Waals surface area contributed by atoms with E-state index < -0.39 is 23.8 Å². The van der Waals surface area contributed by atoms with Gasteiger partial charge >= 0.3 is 11.9 Å². The second-order valence-electron chi connectivity index (χ2n) is 33.9. The summed E-state index contributed by atoms with van der Waals surface area (Å²) in [4.78, 5) is 53.6. The van der Waals surface area contributed by atoms with Crippen molar-refractivity contribution in [2.75, 3.05) is 39.5 Å². The maximum Gasteiger partial charge on any atom is 0.340 e. The van der Waals surface area contributed by atoms with Crippen molar-refractivity contribution in [2.24, 2.45) is 32.3 Å². The van der Waals surface area contributed by atoms with Gasteiger partial charge in [0.05, 0.1) is 36.5 Å². The Labute approximate surface area is 710 Å². The highest BCUT2D eigenvalue weighted by Crippen LogP contribution is 2.35. The van der Waals surface area contributed by atoms with Crippen molar-refractivity contribution in [3.63, 3.8) is 0 Å². The van der Waals surface area contributed by atoms with Crippen molar-refractivity contribution in [1.82, 2.24) is 10.6 Å². The summed E-state index contributed by atoms with van der Waals surface area (Å²) in [6.07, 6.45) is 76.2. The van der Waals surface area contributed by atoms with Crippen molar-refractivity contribution in [3.8, 4) is 0 Å². The minimum Gasteiger partial charge on any atom is -0.510 e. The fourth-order valence-corrected chi connectivity index (χ4v) is 15.9. The van der Waals surface area contributed by atoms with Gasteiger partial charge in [0.25, 0.3) is 11.8 Å². The van der Waals surface area contributed by atoms with E-state index in [9.17, 15) is 29.4 Å². The summed E-state index contributed by atoms with van der Waals surface area (Å²) in [6.45, 7) is 18.9. The number of aliphatic hydroxyl groups is 2. The van der Waals surface area contributed by atoms with Gasteiger partial charge in [-0.15, -0.1) is 20.5 Å². The molecule has 2 rings (SSSR count). The number of carbonyl (C=O) groups excluding carboxylic acids is 4. The highest BCUT2D eigenvalue weighted by molar-refractivity contribution is 5.96. The average molecular weight is 1620 g/mol. The number of unbranched alkanes of at least 4 members (excludes halogenated alkanes) is 44. The summed E-state index contributed by atoms with van der Waals surface area (Å²) in [5, 5.41) is 43.8. The fraction of sp³-hybridized carbons (Fsp3) is 0.800. The molecule has 0 aliphatic heterocycles. The predicted molar refractivity (Wildman–Crippen MR) is 486 cm³/mol. The maximum atomic E-state index is 13.5. The highest BCUT2D eigenvalue weighted by Gasteiger charge is 2.23. The van der Waals surface area contributed by atoms with Crippen molar-refractivity contribution < 1.29 is 48.3 Å². The number of hydrogen-bond donors (Lipinski definition) is 4. The van der Waals surface area contributed by atoms with Crippen LogP contribution >= 0.6 is 0 Å². The van der Waals surface area contributed by atoms with Crippen LogP contribution in [0.25, 0.3) is 0 Å². The van der Waals surface area contributed by atoms with Crippen LogP contribution in [0.15, 0.2) is 91.9 Å². The van der Waals surface area contributed by atoms with E-state index in [4.69, 9.17) is 18.9 Å². The van der Waals surface area contributed by atoms with Gasteiger partial charge in [-0.25, -0.2) is 9.59 Å². The second kappa shape index (κ2) is 78.1. The molecule has 0 saturated heterocycles. The van der Waals surface area contributed by atoms with Gasteiger partial charge in [-0.1, -0.05) is 413 Å². The molecule has 0 fully saturated rings. The Kier molecular flexibility index (Phi) is 71.8. The largest absolute Gasteiger partial charge is 0.510 e. The minimum absolute atomic E-state index is 0.199. The molecule has 16 heteroatoms. The quantitative estimate of drug-likeness (QED) is 0.0161. The summed E-state index contributed by atoms with van der Waals surface area (Å²) in [6, 6.07) is 13.7. The molecule has 16 nitrogen and oxygen atoms in total.